The molecule has 21 heavy (non-hydrogen) atoms. The van der Waals surface area contributed by atoms with Crippen LogP contribution in [0.5, 0.6) is 0 Å². The van der Waals surface area contributed by atoms with E-state index in [1.165, 1.54) is 84.6 Å². The van der Waals surface area contributed by atoms with Crippen molar-refractivity contribution in [1.82, 2.24) is 19.6 Å². The normalized spacial score (nSPS) is 30.0. The third kappa shape index (κ3) is 4.41. The molecule has 3 fully saturated rings. The number of rotatable bonds is 3. The fraction of sp³-hybridized carbons (Fsp3) is 1.00. The lowest BCUT2D eigenvalue weighted by Crippen LogP contribution is -2.53. The van der Waals surface area contributed by atoms with Crippen LogP contribution in [0, 0.1) is 5.92 Å². The highest BCUT2D eigenvalue weighted by Gasteiger charge is 2.27. The smallest absolute Gasteiger partial charge is 0.0121 e. The fourth-order valence-electron chi connectivity index (χ4n) is 4.28. The Hall–Kier alpha value is -0.160. The van der Waals surface area contributed by atoms with E-state index < -0.39 is 0 Å². The van der Waals surface area contributed by atoms with Gasteiger partial charge in [-0.05, 0) is 71.9 Å². The second kappa shape index (κ2) is 7.40. The van der Waals surface area contributed by atoms with Gasteiger partial charge in [-0.15, -0.1) is 0 Å². The van der Waals surface area contributed by atoms with Gasteiger partial charge in [0.25, 0.3) is 0 Å². The first-order valence-corrected chi connectivity index (χ1v) is 9.04. The number of nitrogens with zero attached hydrogens (tertiary/aromatic N) is 4. The summed E-state index contributed by atoms with van der Waals surface area (Å²) in [4.78, 5) is 10.5. The highest BCUT2D eigenvalue weighted by Crippen LogP contribution is 2.20. The molecule has 3 aliphatic rings. The van der Waals surface area contributed by atoms with Crippen molar-refractivity contribution in [1.29, 1.82) is 0 Å². The highest BCUT2D eigenvalue weighted by molar-refractivity contribution is 4.84. The standard InChI is InChI=1S/C17H34N4/c1-18-7-3-16(4-8-18)15-20-11-13-21(14-12-20)17-5-9-19(2)10-6-17/h16-17H,3-15H2,1-2H3. The van der Waals surface area contributed by atoms with Gasteiger partial charge in [0.1, 0.15) is 0 Å². The molecule has 0 aliphatic carbocycles. The van der Waals surface area contributed by atoms with E-state index in [0.717, 1.165) is 12.0 Å². The first-order chi connectivity index (χ1) is 10.2. The summed E-state index contributed by atoms with van der Waals surface area (Å²) < 4.78 is 0. The summed E-state index contributed by atoms with van der Waals surface area (Å²) in [6.07, 6.45) is 5.58. The van der Waals surface area contributed by atoms with Crippen LogP contribution in [0.2, 0.25) is 0 Å². The van der Waals surface area contributed by atoms with Crippen LogP contribution in [-0.4, -0.2) is 98.6 Å². The molecule has 0 spiro atoms. The van der Waals surface area contributed by atoms with Gasteiger partial charge in [-0.3, -0.25) is 4.90 Å². The maximum atomic E-state index is 2.78. The Bertz CT molecular complexity index is 298. The molecule has 0 saturated carbocycles. The van der Waals surface area contributed by atoms with Gasteiger partial charge in [0, 0.05) is 38.8 Å². The summed E-state index contributed by atoms with van der Waals surface area (Å²) >= 11 is 0. The third-order valence-corrected chi connectivity index (χ3v) is 5.97. The van der Waals surface area contributed by atoms with Gasteiger partial charge < -0.3 is 14.7 Å². The lowest BCUT2D eigenvalue weighted by molar-refractivity contribution is 0.0527. The number of likely N-dealkylation sites (tertiary alicyclic amines) is 2. The summed E-state index contributed by atoms with van der Waals surface area (Å²) in [6, 6.07) is 0.867. The zero-order valence-electron chi connectivity index (χ0n) is 14.1. The molecule has 0 atom stereocenters. The minimum Gasteiger partial charge on any atom is -0.306 e. The Kier molecular flexibility index (Phi) is 5.54. The van der Waals surface area contributed by atoms with Crippen molar-refractivity contribution >= 4 is 0 Å². The van der Waals surface area contributed by atoms with Gasteiger partial charge >= 0.3 is 0 Å². The summed E-state index contributed by atoms with van der Waals surface area (Å²) in [5.41, 5.74) is 0. The Morgan fingerprint density at radius 2 is 1.19 bits per heavy atom. The van der Waals surface area contributed by atoms with E-state index in [1.807, 2.05) is 0 Å². The molecule has 4 nitrogen and oxygen atoms in total. The summed E-state index contributed by atoms with van der Waals surface area (Å²) in [5, 5.41) is 0. The van der Waals surface area contributed by atoms with Crippen molar-refractivity contribution in [2.45, 2.75) is 31.7 Å². The van der Waals surface area contributed by atoms with Crippen LogP contribution in [0.15, 0.2) is 0 Å². The van der Waals surface area contributed by atoms with Crippen molar-refractivity contribution < 1.29 is 0 Å². The summed E-state index contributed by atoms with van der Waals surface area (Å²) in [7, 11) is 4.52. The lowest BCUT2D eigenvalue weighted by atomic mass is 9.96. The minimum atomic E-state index is 0.867. The molecular weight excluding hydrogens is 260 g/mol. The largest absolute Gasteiger partial charge is 0.306 e. The van der Waals surface area contributed by atoms with Crippen LogP contribution in [0.25, 0.3) is 0 Å². The molecule has 0 amide bonds. The van der Waals surface area contributed by atoms with E-state index in [9.17, 15) is 0 Å². The zero-order valence-corrected chi connectivity index (χ0v) is 14.1. The average Bonchev–Trinajstić information content (AvgIpc) is 2.51. The van der Waals surface area contributed by atoms with Crippen molar-refractivity contribution in [3.63, 3.8) is 0 Å². The Morgan fingerprint density at radius 1 is 0.667 bits per heavy atom. The zero-order chi connectivity index (χ0) is 14.7. The number of piperazine rings is 1. The SMILES string of the molecule is CN1CCC(CN2CCN(C3CCN(C)CC3)CC2)CC1. The van der Waals surface area contributed by atoms with Crippen LogP contribution in [0.4, 0.5) is 0 Å². The van der Waals surface area contributed by atoms with Gasteiger partial charge in [-0.2, -0.15) is 0 Å². The molecule has 4 heteroatoms. The Labute approximate surface area is 131 Å². The fourth-order valence-corrected chi connectivity index (χ4v) is 4.28. The molecule has 3 heterocycles. The first kappa shape index (κ1) is 15.7. The molecule has 0 aromatic heterocycles. The van der Waals surface area contributed by atoms with Crippen molar-refractivity contribution in [2.75, 3.05) is 73.0 Å². The van der Waals surface area contributed by atoms with E-state index in [4.69, 9.17) is 0 Å². The highest BCUT2D eigenvalue weighted by atomic mass is 15.3. The molecule has 0 bridgehead atoms. The molecule has 3 rings (SSSR count). The van der Waals surface area contributed by atoms with Crippen LogP contribution in [0.3, 0.4) is 0 Å². The molecule has 0 aromatic carbocycles. The lowest BCUT2D eigenvalue weighted by Gasteiger charge is -2.43. The van der Waals surface area contributed by atoms with E-state index in [1.54, 1.807) is 0 Å². The topological polar surface area (TPSA) is 13.0 Å². The van der Waals surface area contributed by atoms with Gasteiger partial charge in [0.15, 0.2) is 0 Å². The van der Waals surface area contributed by atoms with Gasteiger partial charge in [-0.25, -0.2) is 0 Å². The molecule has 3 saturated heterocycles. The molecule has 0 unspecified atom stereocenters. The van der Waals surface area contributed by atoms with E-state index in [-0.39, 0.29) is 0 Å². The van der Waals surface area contributed by atoms with Crippen molar-refractivity contribution in [3.8, 4) is 0 Å². The maximum absolute atomic E-state index is 2.78. The molecule has 122 valence electrons. The van der Waals surface area contributed by atoms with Gasteiger partial charge in [0.05, 0.1) is 0 Å². The van der Waals surface area contributed by atoms with E-state index >= 15 is 0 Å². The molecule has 0 N–H and O–H groups in total. The monoisotopic (exact) mass is 294 g/mol. The summed E-state index contributed by atoms with van der Waals surface area (Å²) in [5.74, 6) is 0.955. The van der Waals surface area contributed by atoms with E-state index in [0.29, 0.717) is 0 Å². The summed E-state index contributed by atoms with van der Waals surface area (Å²) in [6.45, 7) is 11.8. The first-order valence-electron chi connectivity index (χ1n) is 9.04. The molecule has 0 radical (unpaired) electrons. The minimum absolute atomic E-state index is 0.867. The number of hydrogen-bond donors (Lipinski definition) is 0. The average molecular weight is 294 g/mol. The molecular formula is C17H34N4. The quantitative estimate of drug-likeness (QED) is 0.771. The van der Waals surface area contributed by atoms with Crippen LogP contribution in [0.1, 0.15) is 25.7 Å². The van der Waals surface area contributed by atoms with E-state index in [2.05, 4.69) is 33.7 Å². The van der Waals surface area contributed by atoms with Gasteiger partial charge in [0.2, 0.25) is 0 Å². The van der Waals surface area contributed by atoms with Crippen LogP contribution in [-0.2, 0) is 0 Å². The second-order valence-corrected chi connectivity index (χ2v) is 7.62. The predicted molar refractivity (Wildman–Crippen MR) is 88.8 cm³/mol. The molecule has 0 aromatic rings. The second-order valence-electron chi connectivity index (χ2n) is 7.62. The molecule has 3 aliphatic heterocycles. The Balaban J connectivity index is 1.37. The maximum Gasteiger partial charge on any atom is 0.0121 e. The Morgan fingerprint density at radius 3 is 1.76 bits per heavy atom. The number of piperidine rings is 2. The third-order valence-electron chi connectivity index (χ3n) is 5.97. The number of hydrogen-bond acceptors (Lipinski definition) is 4. The van der Waals surface area contributed by atoms with Crippen LogP contribution >= 0.6 is 0 Å². The van der Waals surface area contributed by atoms with Crippen molar-refractivity contribution in [3.05, 3.63) is 0 Å². The van der Waals surface area contributed by atoms with Gasteiger partial charge in [-0.1, -0.05) is 0 Å². The van der Waals surface area contributed by atoms with Crippen molar-refractivity contribution in [2.24, 2.45) is 5.92 Å². The van der Waals surface area contributed by atoms with Crippen LogP contribution < -0.4 is 0 Å². The predicted octanol–water partition coefficient (Wildman–Crippen LogP) is 1.04.